The summed E-state index contributed by atoms with van der Waals surface area (Å²) >= 11 is 0. The highest BCUT2D eigenvalue weighted by Gasteiger charge is 2.20. The summed E-state index contributed by atoms with van der Waals surface area (Å²) in [6.07, 6.45) is 5.09. The molecule has 0 spiro atoms. The summed E-state index contributed by atoms with van der Waals surface area (Å²) in [5.41, 5.74) is 5.04. The number of aromatic amines is 1. The monoisotopic (exact) mass is 432 g/mol. The lowest BCUT2D eigenvalue weighted by Crippen LogP contribution is -2.31. The molecule has 3 heterocycles. The smallest absolute Gasteiger partial charge is 0.343 e. The molecule has 0 saturated carbocycles. The van der Waals surface area contributed by atoms with Gasteiger partial charge in [0.15, 0.2) is 0 Å². The molecule has 1 atom stereocenters. The van der Waals surface area contributed by atoms with Gasteiger partial charge in [-0.25, -0.2) is 9.78 Å². The number of imidazole rings is 1. The first-order chi connectivity index (χ1) is 16.2. The van der Waals surface area contributed by atoms with E-state index in [4.69, 9.17) is 5.10 Å². The number of carbonyl (C=O) groups is 1. The normalized spacial score (nSPS) is 12.4. The first kappa shape index (κ1) is 19.2. The fourth-order valence-corrected chi connectivity index (χ4v) is 4.37. The van der Waals surface area contributed by atoms with Crippen LogP contribution in [0.3, 0.4) is 0 Å². The molecule has 0 aliphatic rings. The van der Waals surface area contributed by atoms with Gasteiger partial charge in [-0.3, -0.25) is 4.98 Å². The molecule has 7 nitrogen and oxygen atoms in total. The van der Waals surface area contributed by atoms with Gasteiger partial charge in [-0.2, -0.15) is 9.78 Å². The van der Waals surface area contributed by atoms with Crippen LogP contribution in [0, 0.1) is 0 Å². The molecule has 1 amide bonds. The summed E-state index contributed by atoms with van der Waals surface area (Å²) < 4.78 is 1.44. The van der Waals surface area contributed by atoms with Gasteiger partial charge >= 0.3 is 6.03 Å². The van der Waals surface area contributed by atoms with Crippen molar-refractivity contribution in [2.24, 2.45) is 0 Å². The first-order valence-electron chi connectivity index (χ1n) is 10.7. The number of H-pyrrole nitrogens is 1. The van der Waals surface area contributed by atoms with Crippen LogP contribution < -0.4 is 5.32 Å². The highest BCUT2D eigenvalue weighted by Crippen LogP contribution is 2.31. The summed E-state index contributed by atoms with van der Waals surface area (Å²) in [7, 11) is 0. The molecule has 3 aromatic carbocycles. The number of fused-ring (bicyclic) bond motifs is 3. The van der Waals surface area contributed by atoms with Crippen molar-refractivity contribution in [2.45, 2.75) is 13.0 Å². The Bertz CT molecular complexity index is 1630. The third-order valence-corrected chi connectivity index (χ3v) is 6.00. The summed E-state index contributed by atoms with van der Waals surface area (Å²) in [6, 6.07) is 21.5. The molecule has 6 rings (SSSR count). The van der Waals surface area contributed by atoms with Crippen LogP contribution in [0.25, 0.3) is 44.0 Å². The van der Waals surface area contributed by atoms with Crippen LogP contribution in [-0.2, 0) is 0 Å². The lowest BCUT2D eigenvalue weighted by Gasteiger charge is -2.16. The Hall–Kier alpha value is -4.52. The quantitative estimate of drug-likeness (QED) is 0.389. The number of aromatic nitrogens is 5. The number of hydrogen-bond donors (Lipinski definition) is 2. The van der Waals surface area contributed by atoms with Gasteiger partial charge in [0, 0.05) is 23.3 Å². The zero-order valence-electron chi connectivity index (χ0n) is 17.9. The van der Waals surface area contributed by atoms with E-state index in [1.165, 1.54) is 4.68 Å². The summed E-state index contributed by atoms with van der Waals surface area (Å²) in [5, 5.41) is 10.9. The molecule has 0 fully saturated rings. The number of pyridine rings is 1. The number of hydrogen-bond acceptors (Lipinski definition) is 4. The Morgan fingerprint density at radius 3 is 2.70 bits per heavy atom. The minimum Gasteiger partial charge on any atom is -0.345 e. The van der Waals surface area contributed by atoms with Crippen molar-refractivity contribution in [3.8, 4) is 11.3 Å². The van der Waals surface area contributed by atoms with Gasteiger partial charge < -0.3 is 10.3 Å². The van der Waals surface area contributed by atoms with E-state index < -0.39 is 0 Å². The van der Waals surface area contributed by atoms with Crippen molar-refractivity contribution in [2.75, 3.05) is 0 Å². The first-order valence-corrected chi connectivity index (χ1v) is 10.7. The minimum atomic E-state index is -0.292. The summed E-state index contributed by atoms with van der Waals surface area (Å²) in [5.74, 6) is 0. The maximum absolute atomic E-state index is 13.4. The predicted molar refractivity (Wildman–Crippen MR) is 129 cm³/mol. The van der Waals surface area contributed by atoms with Crippen LogP contribution in [-0.4, -0.2) is 30.8 Å². The molecule has 2 N–H and O–H groups in total. The van der Waals surface area contributed by atoms with E-state index in [1.807, 2.05) is 55.5 Å². The van der Waals surface area contributed by atoms with Crippen LogP contribution in [0.15, 0.2) is 85.5 Å². The Morgan fingerprint density at radius 1 is 1.00 bits per heavy atom. The highest BCUT2D eigenvalue weighted by molar-refractivity contribution is 6.04. The van der Waals surface area contributed by atoms with Gasteiger partial charge in [0.2, 0.25) is 0 Å². The second-order valence-corrected chi connectivity index (χ2v) is 8.02. The van der Waals surface area contributed by atoms with Gasteiger partial charge in [-0.1, -0.05) is 42.5 Å². The van der Waals surface area contributed by atoms with Crippen LogP contribution in [0.4, 0.5) is 4.79 Å². The van der Waals surface area contributed by atoms with Gasteiger partial charge in [-0.05, 0) is 47.5 Å². The number of carbonyl (C=O) groups excluding carboxylic acids is 1. The lowest BCUT2D eigenvalue weighted by atomic mass is 10.00. The van der Waals surface area contributed by atoms with Crippen molar-refractivity contribution in [3.05, 3.63) is 91.0 Å². The van der Waals surface area contributed by atoms with E-state index in [9.17, 15) is 4.79 Å². The minimum absolute atomic E-state index is 0.205. The third-order valence-electron chi connectivity index (χ3n) is 6.00. The Balaban J connectivity index is 1.44. The zero-order valence-corrected chi connectivity index (χ0v) is 17.9. The maximum Gasteiger partial charge on any atom is 0.343 e. The third kappa shape index (κ3) is 3.22. The molecule has 3 aromatic heterocycles. The van der Waals surface area contributed by atoms with E-state index in [-0.39, 0.29) is 12.1 Å². The summed E-state index contributed by atoms with van der Waals surface area (Å²) in [4.78, 5) is 25.0. The van der Waals surface area contributed by atoms with Crippen molar-refractivity contribution in [1.82, 2.24) is 30.0 Å². The Labute approximate surface area is 189 Å². The second kappa shape index (κ2) is 7.56. The maximum atomic E-state index is 13.4. The molecule has 0 aliphatic heterocycles. The number of nitrogens with one attached hydrogen (secondary N) is 2. The average Bonchev–Trinajstić information content (AvgIpc) is 3.47. The van der Waals surface area contributed by atoms with Crippen LogP contribution >= 0.6 is 0 Å². The number of nitrogens with zero attached hydrogens (tertiary/aromatic N) is 4. The van der Waals surface area contributed by atoms with Crippen LogP contribution in [0.1, 0.15) is 18.5 Å². The van der Waals surface area contributed by atoms with E-state index >= 15 is 0 Å². The molecule has 0 bridgehead atoms. The van der Waals surface area contributed by atoms with Crippen molar-refractivity contribution in [3.63, 3.8) is 0 Å². The van der Waals surface area contributed by atoms with Gasteiger partial charge in [0.25, 0.3) is 0 Å². The molecule has 7 heteroatoms. The topological polar surface area (TPSA) is 88.5 Å². The lowest BCUT2D eigenvalue weighted by molar-refractivity contribution is 0.237. The van der Waals surface area contributed by atoms with Gasteiger partial charge in [0.05, 0.1) is 28.9 Å². The fourth-order valence-electron chi connectivity index (χ4n) is 4.37. The standard InChI is InChI=1S/C26H20N6O/c1-16(19-8-4-6-17-5-2-3-7-20(17)19)30-26(33)32-24-14-23-22(28-15-29-23)13-21(24)25(31-32)18-9-11-27-12-10-18/h2-16H,1H3,(H,28,29)(H,30,33)/t16-/m1/s1. The van der Waals surface area contributed by atoms with E-state index in [1.54, 1.807) is 18.7 Å². The molecule has 160 valence electrons. The van der Waals surface area contributed by atoms with Crippen molar-refractivity contribution in [1.29, 1.82) is 0 Å². The molecule has 0 unspecified atom stereocenters. The Kier molecular flexibility index (Phi) is 4.40. The van der Waals surface area contributed by atoms with Crippen molar-refractivity contribution >= 4 is 38.7 Å². The number of amides is 1. The zero-order chi connectivity index (χ0) is 22.4. The molecular formula is C26H20N6O. The van der Waals surface area contributed by atoms with E-state index in [0.717, 1.165) is 38.3 Å². The molecular weight excluding hydrogens is 412 g/mol. The average molecular weight is 432 g/mol. The van der Waals surface area contributed by atoms with Crippen LogP contribution in [0.2, 0.25) is 0 Å². The largest absolute Gasteiger partial charge is 0.345 e. The fraction of sp³-hybridized carbons (Fsp3) is 0.0769. The molecule has 0 radical (unpaired) electrons. The van der Waals surface area contributed by atoms with Crippen LogP contribution in [0.5, 0.6) is 0 Å². The molecule has 6 aromatic rings. The SMILES string of the molecule is C[C@@H](NC(=O)n1nc(-c2ccncc2)c2cc3nc[nH]c3cc21)c1cccc2ccccc12. The van der Waals surface area contributed by atoms with Gasteiger partial charge in [0.1, 0.15) is 5.69 Å². The van der Waals surface area contributed by atoms with E-state index in [0.29, 0.717) is 11.2 Å². The summed E-state index contributed by atoms with van der Waals surface area (Å²) in [6.45, 7) is 1.99. The highest BCUT2D eigenvalue weighted by atomic mass is 16.2. The molecule has 33 heavy (non-hydrogen) atoms. The second-order valence-electron chi connectivity index (χ2n) is 8.02. The van der Waals surface area contributed by atoms with E-state index in [2.05, 4.69) is 38.5 Å². The number of rotatable bonds is 3. The number of benzene rings is 3. The van der Waals surface area contributed by atoms with Gasteiger partial charge in [-0.15, -0.1) is 0 Å². The molecule has 0 aliphatic carbocycles. The molecule has 0 saturated heterocycles. The predicted octanol–water partition coefficient (Wildman–Crippen LogP) is 5.45. The Morgan fingerprint density at radius 2 is 1.82 bits per heavy atom. The van der Waals surface area contributed by atoms with Crippen molar-refractivity contribution < 1.29 is 4.79 Å².